The van der Waals surface area contributed by atoms with E-state index >= 15 is 0 Å². The fourth-order valence-corrected chi connectivity index (χ4v) is 2.65. The number of nitrogens with one attached hydrogen (secondary N) is 1. The van der Waals surface area contributed by atoms with Crippen molar-refractivity contribution in [3.05, 3.63) is 45.9 Å². The topological polar surface area (TPSA) is 88.5 Å². The molecule has 6 nitrogen and oxygen atoms in total. The number of hydrogen-bond acceptors (Lipinski definition) is 5. The van der Waals surface area contributed by atoms with E-state index in [9.17, 15) is 9.59 Å². The number of carbonyl (C=O) groups is 2. The van der Waals surface area contributed by atoms with Crippen molar-refractivity contribution in [1.29, 1.82) is 0 Å². The van der Waals surface area contributed by atoms with Gasteiger partial charge in [0.15, 0.2) is 0 Å². The first-order chi connectivity index (χ1) is 11.0. The number of thiazole rings is 1. The number of aryl methyl sites for hydroxylation is 1. The van der Waals surface area contributed by atoms with Crippen LogP contribution in [0.2, 0.25) is 0 Å². The van der Waals surface area contributed by atoms with E-state index in [2.05, 4.69) is 10.3 Å². The van der Waals surface area contributed by atoms with E-state index in [1.165, 1.54) is 11.3 Å². The number of aromatic nitrogens is 1. The molecular formula is C16H18N2O4S. The summed E-state index contributed by atoms with van der Waals surface area (Å²) in [4.78, 5) is 26.5. The molecule has 0 spiro atoms. The number of carbonyl (C=O) groups excluding carboxylic acids is 1. The number of carboxylic acid groups (broad SMARTS) is 1. The number of ether oxygens (including phenoxy) is 1. The first-order valence-corrected chi connectivity index (χ1v) is 8.02. The minimum Gasteiger partial charge on any atom is -0.492 e. The molecule has 1 aromatic heterocycles. The average molecular weight is 334 g/mol. The van der Waals surface area contributed by atoms with Crippen molar-refractivity contribution in [3.8, 4) is 5.75 Å². The molecule has 0 atom stereocenters. The summed E-state index contributed by atoms with van der Waals surface area (Å²) >= 11 is 1.29. The van der Waals surface area contributed by atoms with Gasteiger partial charge in [0.1, 0.15) is 17.4 Å². The van der Waals surface area contributed by atoms with Crippen LogP contribution in [0.5, 0.6) is 5.75 Å². The SMILES string of the molecule is Cc1ccc(OCCNC(=O)Cc2nc(CC(=O)O)cs2)cc1. The van der Waals surface area contributed by atoms with Crippen molar-refractivity contribution in [2.45, 2.75) is 19.8 Å². The fourth-order valence-electron chi connectivity index (χ4n) is 1.86. The number of rotatable bonds is 8. The van der Waals surface area contributed by atoms with Gasteiger partial charge in [-0.15, -0.1) is 11.3 Å². The maximum Gasteiger partial charge on any atom is 0.309 e. The zero-order chi connectivity index (χ0) is 16.7. The van der Waals surface area contributed by atoms with E-state index < -0.39 is 5.97 Å². The van der Waals surface area contributed by atoms with Crippen molar-refractivity contribution >= 4 is 23.2 Å². The van der Waals surface area contributed by atoms with Crippen molar-refractivity contribution in [1.82, 2.24) is 10.3 Å². The zero-order valence-corrected chi connectivity index (χ0v) is 13.6. The molecule has 0 fully saturated rings. The Balaban J connectivity index is 1.67. The van der Waals surface area contributed by atoms with Gasteiger partial charge in [-0.05, 0) is 19.1 Å². The molecule has 0 saturated carbocycles. The summed E-state index contributed by atoms with van der Waals surface area (Å²) in [7, 11) is 0. The van der Waals surface area contributed by atoms with Crippen molar-refractivity contribution in [2.24, 2.45) is 0 Å². The lowest BCUT2D eigenvalue weighted by Crippen LogP contribution is -2.29. The molecule has 0 aliphatic rings. The summed E-state index contributed by atoms with van der Waals surface area (Å²) in [6.45, 7) is 2.79. The largest absolute Gasteiger partial charge is 0.492 e. The quantitative estimate of drug-likeness (QED) is 0.719. The molecule has 0 unspecified atom stereocenters. The summed E-state index contributed by atoms with van der Waals surface area (Å²) in [5.74, 6) is -0.323. The molecular weight excluding hydrogens is 316 g/mol. The first kappa shape index (κ1) is 17.0. The zero-order valence-electron chi connectivity index (χ0n) is 12.7. The molecule has 1 amide bonds. The minimum absolute atomic E-state index is 0.123. The molecule has 0 bridgehead atoms. The highest BCUT2D eigenvalue weighted by Crippen LogP contribution is 2.12. The third-order valence-corrected chi connectivity index (χ3v) is 3.86. The van der Waals surface area contributed by atoms with Gasteiger partial charge >= 0.3 is 5.97 Å². The van der Waals surface area contributed by atoms with Crippen molar-refractivity contribution in [2.75, 3.05) is 13.2 Å². The second kappa shape index (κ2) is 8.28. The predicted octanol–water partition coefficient (Wildman–Crippen LogP) is 1.82. The monoisotopic (exact) mass is 334 g/mol. The van der Waals surface area contributed by atoms with Crippen LogP contribution < -0.4 is 10.1 Å². The molecule has 2 rings (SSSR count). The lowest BCUT2D eigenvalue weighted by molar-refractivity contribution is -0.136. The van der Waals surface area contributed by atoms with E-state index in [-0.39, 0.29) is 18.7 Å². The normalized spacial score (nSPS) is 10.3. The Morgan fingerprint density at radius 2 is 2.00 bits per heavy atom. The molecule has 0 aliphatic carbocycles. The molecule has 23 heavy (non-hydrogen) atoms. The van der Waals surface area contributed by atoms with E-state index in [4.69, 9.17) is 9.84 Å². The Bertz CT molecular complexity index is 667. The van der Waals surface area contributed by atoms with Crippen LogP contribution in [0.4, 0.5) is 0 Å². The average Bonchev–Trinajstić information content (AvgIpc) is 2.91. The van der Waals surface area contributed by atoms with Crippen LogP contribution in [-0.4, -0.2) is 35.1 Å². The number of aliphatic carboxylic acids is 1. The number of benzene rings is 1. The molecule has 122 valence electrons. The summed E-state index contributed by atoms with van der Waals surface area (Å²) in [5.41, 5.74) is 1.64. The smallest absolute Gasteiger partial charge is 0.309 e. The third kappa shape index (κ3) is 6.07. The predicted molar refractivity (Wildman–Crippen MR) is 86.8 cm³/mol. The maximum atomic E-state index is 11.8. The highest BCUT2D eigenvalue weighted by Gasteiger charge is 2.09. The molecule has 7 heteroatoms. The first-order valence-electron chi connectivity index (χ1n) is 7.14. The Hall–Kier alpha value is -2.41. The summed E-state index contributed by atoms with van der Waals surface area (Å²) < 4.78 is 5.52. The molecule has 0 saturated heterocycles. The summed E-state index contributed by atoms with van der Waals surface area (Å²) in [5, 5.41) is 13.7. The Kier molecular flexibility index (Phi) is 6.10. The second-order valence-corrected chi connectivity index (χ2v) is 5.93. The van der Waals surface area contributed by atoms with Crippen LogP contribution >= 0.6 is 11.3 Å². The number of carboxylic acids is 1. The van der Waals surface area contributed by atoms with Crippen molar-refractivity contribution in [3.63, 3.8) is 0 Å². The maximum absolute atomic E-state index is 11.8. The Morgan fingerprint density at radius 1 is 1.26 bits per heavy atom. The Morgan fingerprint density at radius 3 is 2.70 bits per heavy atom. The highest BCUT2D eigenvalue weighted by atomic mass is 32.1. The fraction of sp³-hybridized carbons (Fsp3) is 0.312. The van der Waals surface area contributed by atoms with Gasteiger partial charge < -0.3 is 15.2 Å². The molecule has 2 N–H and O–H groups in total. The number of hydrogen-bond donors (Lipinski definition) is 2. The lowest BCUT2D eigenvalue weighted by Gasteiger charge is -2.07. The van der Waals surface area contributed by atoms with Crippen LogP contribution in [0, 0.1) is 6.92 Å². The molecule has 0 radical (unpaired) electrons. The van der Waals surface area contributed by atoms with E-state index in [1.807, 2.05) is 31.2 Å². The Labute approximate surface area is 138 Å². The van der Waals surface area contributed by atoms with Crippen LogP contribution in [0.25, 0.3) is 0 Å². The van der Waals surface area contributed by atoms with Crippen molar-refractivity contribution < 1.29 is 19.4 Å². The van der Waals surface area contributed by atoms with Crippen LogP contribution in [0.15, 0.2) is 29.6 Å². The van der Waals surface area contributed by atoms with Crippen LogP contribution in [0.1, 0.15) is 16.3 Å². The van der Waals surface area contributed by atoms with Crippen LogP contribution in [0.3, 0.4) is 0 Å². The van der Waals surface area contributed by atoms with E-state index in [0.717, 1.165) is 11.3 Å². The molecule has 1 heterocycles. The number of nitrogens with zero attached hydrogens (tertiary/aromatic N) is 1. The standard InChI is InChI=1S/C16H18N2O4S/c1-11-2-4-13(5-3-11)22-7-6-17-14(19)9-15-18-12(10-23-15)8-16(20)21/h2-5,10H,6-9H2,1H3,(H,17,19)(H,20,21). The van der Waals surface area contributed by atoms with Gasteiger partial charge in [0, 0.05) is 5.38 Å². The van der Waals surface area contributed by atoms with Gasteiger partial charge in [-0.25, -0.2) is 4.98 Å². The van der Waals surface area contributed by atoms with Gasteiger partial charge in [-0.1, -0.05) is 17.7 Å². The van der Waals surface area contributed by atoms with Gasteiger partial charge in [-0.2, -0.15) is 0 Å². The number of amides is 1. The molecule has 0 aliphatic heterocycles. The van der Waals surface area contributed by atoms with Gasteiger partial charge in [0.05, 0.1) is 25.1 Å². The van der Waals surface area contributed by atoms with Gasteiger partial charge in [-0.3, -0.25) is 9.59 Å². The van der Waals surface area contributed by atoms with Gasteiger partial charge in [0.25, 0.3) is 0 Å². The van der Waals surface area contributed by atoms with Crippen LogP contribution in [-0.2, 0) is 22.4 Å². The summed E-state index contributed by atoms with van der Waals surface area (Å²) in [6, 6.07) is 7.70. The lowest BCUT2D eigenvalue weighted by atomic mass is 10.2. The third-order valence-electron chi connectivity index (χ3n) is 2.96. The van der Waals surface area contributed by atoms with E-state index in [1.54, 1.807) is 5.38 Å². The minimum atomic E-state index is -0.931. The van der Waals surface area contributed by atoms with Gasteiger partial charge in [0.2, 0.25) is 5.91 Å². The summed E-state index contributed by atoms with van der Waals surface area (Å²) in [6.07, 6.45) is 0.0251. The highest BCUT2D eigenvalue weighted by molar-refractivity contribution is 7.09. The van der Waals surface area contributed by atoms with E-state index in [0.29, 0.717) is 23.9 Å². The molecule has 2 aromatic rings. The molecule has 1 aromatic carbocycles. The second-order valence-electron chi connectivity index (χ2n) is 4.99.